The summed E-state index contributed by atoms with van der Waals surface area (Å²) in [6, 6.07) is 3.27. The van der Waals surface area contributed by atoms with Gasteiger partial charge in [0.15, 0.2) is 0 Å². The van der Waals surface area contributed by atoms with E-state index >= 15 is 0 Å². The van der Waals surface area contributed by atoms with Gasteiger partial charge in [0.1, 0.15) is 5.82 Å². The summed E-state index contributed by atoms with van der Waals surface area (Å²) in [5.41, 5.74) is 5.87. The Morgan fingerprint density at radius 3 is 2.50 bits per heavy atom. The lowest BCUT2D eigenvalue weighted by Gasteiger charge is -2.41. The molecule has 2 saturated heterocycles. The van der Waals surface area contributed by atoms with Crippen molar-refractivity contribution < 1.29 is 0 Å². The second-order valence-electron chi connectivity index (χ2n) is 9.03. The molecule has 3 N–H and O–H groups in total. The molecule has 156 valence electrons. The van der Waals surface area contributed by atoms with E-state index in [2.05, 4.69) is 26.2 Å². The van der Waals surface area contributed by atoms with Gasteiger partial charge in [-0.25, -0.2) is 4.98 Å². The second-order valence-corrected chi connectivity index (χ2v) is 9.03. The summed E-state index contributed by atoms with van der Waals surface area (Å²) in [7, 11) is 0. The second kappa shape index (κ2) is 9.88. The fourth-order valence-electron chi connectivity index (χ4n) is 5.28. The molecule has 2 aliphatic heterocycles. The molecule has 3 aliphatic rings. The van der Waals surface area contributed by atoms with Gasteiger partial charge in [-0.3, -0.25) is 4.90 Å². The molecule has 1 unspecified atom stereocenters. The lowest BCUT2D eigenvalue weighted by molar-refractivity contribution is 0.110. The van der Waals surface area contributed by atoms with Gasteiger partial charge in [0.05, 0.1) is 0 Å². The van der Waals surface area contributed by atoms with Crippen LogP contribution in [0.2, 0.25) is 0 Å². The van der Waals surface area contributed by atoms with Crippen LogP contribution < -0.4 is 16.0 Å². The Balaban J connectivity index is 1.33. The molecule has 1 aromatic rings. The van der Waals surface area contributed by atoms with Crippen molar-refractivity contribution in [2.75, 3.05) is 42.9 Å². The zero-order chi connectivity index (χ0) is 19.2. The summed E-state index contributed by atoms with van der Waals surface area (Å²) in [5, 5.41) is 3.65. The Bertz CT molecular complexity index is 592. The van der Waals surface area contributed by atoms with Crippen LogP contribution in [0.1, 0.15) is 64.2 Å². The van der Waals surface area contributed by atoms with Gasteiger partial charge in [-0.15, -0.1) is 0 Å². The Morgan fingerprint density at radius 2 is 1.75 bits per heavy atom. The van der Waals surface area contributed by atoms with Crippen molar-refractivity contribution >= 4 is 11.8 Å². The lowest BCUT2D eigenvalue weighted by Crippen LogP contribution is -2.48. The number of likely N-dealkylation sites (tertiary alicyclic amines) is 1. The van der Waals surface area contributed by atoms with Crippen LogP contribution in [0.15, 0.2) is 12.3 Å². The summed E-state index contributed by atoms with van der Waals surface area (Å²) in [6.07, 6.45) is 14.9. The Labute approximate surface area is 170 Å². The largest absolute Gasteiger partial charge is 0.356 e. The number of aromatic nitrogens is 2. The zero-order valence-electron chi connectivity index (χ0n) is 17.4. The molecule has 3 heterocycles. The number of nitrogens with two attached hydrogens (primary N) is 1. The molecule has 0 spiro atoms. The first-order chi connectivity index (χ1) is 13.8. The number of nitrogens with zero attached hydrogens (tertiary/aromatic N) is 4. The predicted molar refractivity (Wildman–Crippen MR) is 116 cm³/mol. The maximum absolute atomic E-state index is 5.87. The molecule has 28 heavy (non-hydrogen) atoms. The van der Waals surface area contributed by atoms with E-state index < -0.39 is 0 Å². The molecule has 0 aromatic carbocycles. The van der Waals surface area contributed by atoms with Gasteiger partial charge in [-0.1, -0.05) is 12.8 Å². The van der Waals surface area contributed by atoms with Crippen molar-refractivity contribution in [1.29, 1.82) is 0 Å². The third kappa shape index (κ3) is 5.15. The predicted octanol–water partition coefficient (Wildman–Crippen LogP) is 3.25. The van der Waals surface area contributed by atoms with E-state index in [4.69, 9.17) is 10.7 Å². The van der Waals surface area contributed by atoms with Crippen molar-refractivity contribution in [1.82, 2.24) is 14.9 Å². The fourth-order valence-corrected chi connectivity index (χ4v) is 5.28. The highest BCUT2D eigenvalue weighted by molar-refractivity contribution is 5.43. The number of hydrogen-bond donors (Lipinski definition) is 2. The van der Waals surface area contributed by atoms with Crippen LogP contribution in [0.25, 0.3) is 0 Å². The lowest BCUT2D eigenvalue weighted by atomic mass is 9.84. The van der Waals surface area contributed by atoms with Crippen molar-refractivity contribution in [2.24, 2.45) is 11.7 Å². The molecule has 1 saturated carbocycles. The van der Waals surface area contributed by atoms with Gasteiger partial charge >= 0.3 is 0 Å². The minimum absolute atomic E-state index is 0.459. The highest BCUT2D eigenvalue weighted by atomic mass is 15.2. The van der Waals surface area contributed by atoms with Gasteiger partial charge < -0.3 is 16.0 Å². The van der Waals surface area contributed by atoms with E-state index in [1.54, 1.807) is 0 Å². The van der Waals surface area contributed by atoms with Crippen LogP contribution in [0, 0.1) is 5.92 Å². The molecule has 0 bridgehead atoms. The van der Waals surface area contributed by atoms with Crippen molar-refractivity contribution in [3.8, 4) is 0 Å². The topological polar surface area (TPSA) is 70.3 Å². The monoisotopic (exact) mass is 386 g/mol. The molecule has 3 fully saturated rings. The first kappa shape index (κ1) is 19.9. The maximum atomic E-state index is 5.87. The standard InChI is InChI=1S/C22H38N6/c23-16-18-7-9-20(10-8-18)28-15-5-6-19(17-28)25-22-24-12-11-21(26-22)27-13-3-1-2-4-14-27/h11-12,18-20H,1-10,13-17,23H2,(H,24,25,26). The minimum Gasteiger partial charge on any atom is -0.356 e. The van der Waals surface area contributed by atoms with Gasteiger partial charge in [0.25, 0.3) is 0 Å². The summed E-state index contributed by atoms with van der Waals surface area (Å²) in [4.78, 5) is 14.5. The molecule has 0 amide bonds. The number of nitrogens with one attached hydrogen (secondary N) is 1. The molecule has 6 heteroatoms. The van der Waals surface area contributed by atoms with E-state index in [0.29, 0.717) is 6.04 Å². The summed E-state index contributed by atoms with van der Waals surface area (Å²) in [5.74, 6) is 2.65. The first-order valence-electron chi connectivity index (χ1n) is 11.6. The summed E-state index contributed by atoms with van der Waals surface area (Å²) < 4.78 is 0. The van der Waals surface area contributed by atoms with Crippen molar-refractivity contribution in [3.05, 3.63) is 12.3 Å². The third-order valence-electron chi connectivity index (χ3n) is 7.02. The summed E-state index contributed by atoms with van der Waals surface area (Å²) >= 11 is 0. The molecule has 1 aromatic heterocycles. The highest BCUT2D eigenvalue weighted by Gasteiger charge is 2.29. The molecule has 0 radical (unpaired) electrons. The highest BCUT2D eigenvalue weighted by Crippen LogP contribution is 2.29. The molecular formula is C22H38N6. The molecule has 4 rings (SSSR count). The van der Waals surface area contributed by atoms with Gasteiger partial charge in [0.2, 0.25) is 5.95 Å². The van der Waals surface area contributed by atoms with Crippen LogP contribution in [0.4, 0.5) is 11.8 Å². The van der Waals surface area contributed by atoms with E-state index in [1.807, 2.05) is 6.20 Å². The Kier molecular flexibility index (Phi) is 7.02. The van der Waals surface area contributed by atoms with E-state index in [1.165, 1.54) is 70.8 Å². The number of piperidine rings is 1. The number of rotatable bonds is 5. The minimum atomic E-state index is 0.459. The van der Waals surface area contributed by atoms with Crippen LogP contribution in [-0.2, 0) is 0 Å². The molecule has 1 aliphatic carbocycles. The smallest absolute Gasteiger partial charge is 0.224 e. The molecule has 1 atom stereocenters. The average Bonchev–Trinajstić information content (AvgIpc) is 3.04. The van der Waals surface area contributed by atoms with E-state index in [-0.39, 0.29) is 0 Å². The fraction of sp³-hybridized carbons (Fsp3) is 0.818. The van der Waals surface area contributed by atoms with E-state index in [0.717, 1.165) is 49.9 Å². The zero-order valence-corrected chi connectivity index (χ0v) is 17.4. The Hall–Kier alpha value is -1.40. The van der Waals surface area contributed by atoms with Crippen LogP contribution in [-0.4, -0.2) is 59.7 Å². The number of anilines is 2. The average molecular weight is 387 g/mol. The van der Waals surface area contributed by atoms with Gasteiger partial charge in [-0.05, 0) is 76.4 Å². The number of hydrogen-bond acceptors (Lipinski definition) is 6. The Morgan fingerprint density at radius 1 is 0.964 bits per heavy atom. The molecule has 6 nitrogen and oxygen atoms in total. The van der Waals surface area contributed by atoms with Gasteiger partial charge in [0, 0.05) is 37.9 Å². The SMILES string of the molecule is NCC1CCC(N2CCCC(Nc3nccc(N4CCCCCC4)n3)C2)CC1. The van der Waals surface area contributed by atoms with Crippen molar-refractivity contribution in [3.63, 3.8) is 0 Å². The third-order valence-corrected chi connectivity index (χ3v) is 7.02. The van der Waals surface area contributed by atoms with E-state index in [9.17, 15) is 0 Å². The quantitative estimate of drug-likeness (QED) is 0.809. The maximum Gasteiger partial charge on any atom is 0.224 e. The first-order valence-corrected chi connectivity index (χ1v) is 11.6. The van der Waals surface area contributed by atoms with Gasteiger partial charge in [-0.2, -0.15) is 4.98 Å². The van der Waals surface area contributed by atoms with Crippen LogP contribution >= 0.6 is 0 Å². The van der Waals surface area contributed by atoms with Crippen LogP contribution in [0.5, 0.6) is 0 Å². The van der Waals surface area contributed by atoms with Crippen molar-refractivity contribution in [2.45, 2.75) is 76.3 Å². The molecular weight excluding hydrogens is 348 g/mol. The van der Waals surface area contributed by atoms with Crippen LogP contribution in [0.3, 0.4) is 0 Å². The normalized spacial score (nSPS) is 30.0. The summed E-state index contributed by atoms with van der Waals surface area (Å²) in [6.45, 7) is 5.47.